The first-order chi connectivity index (χ1) is 11.8. The molecule has 2 N–H and O–H groups in total. The molecule has 1 saturated carbocycles. The van der Waals surface area contributed by atoms with Gasteiger partial charge < -0.3 is 10.6 Å². The van der Waals surface area contributed by atoms with Gasteiger partial charge in [-0.25, -0.2) is 0 Å². The molecule has 4 rings (SSSR count). The van der Waals surface area contributed by atoms with E-state index in [1.807, 2.05) is 6.07 Å². The van der Waals surface area contributed by atoms with Crippen LogP contribution in [0.1, 0.15) is 24.8 Å². The van der Waals surface area contributed by atoms with Crippen LogP contribution in [0.3, 0.4) is 0 Å². The van der Waals surface area contributed by atoms with E-state index < -0.39 is 0 Å². The molecule has 124 valence electrons. The Kier molecular flexibility index (Phi) is 4.11. The Labute approximate surface area is 143 Å². The highest BCUT2D eigenvalue weighted by Gasteiger charge is 2.57. The highest BCUT2D eigenvalue weighted by molar-refractivity contribution is 5.82. The van der Waals surface area contributed by atoms with Crippen molar-refractivity contribution in [1.82, 2.24) is 10.6 Å². The van der Waals surface area contributed by atoms with Crippen molar-refractivity contribution in [3.05, 3.63) is 60.2 Å². The summed E-state index contributed by atoms with van der Waals surface area (Å²) >= 11 is 0. The van der Waals surface area contributed by atoms with E-state index in [4.69, 9.17) is 0 Å². The van der Waals surface area contributed by atoms with E-state index in [2.05, 4.69) is 59.2 Å². The normalized spacial score (nSPS) is 21.4. The van der Waals surface area contributed by atoms with E-state index in [0.29, 0.717) is 12.0 Å². The number of piperidine rings is 1. The fourth-order valence-electron chi connectivity index (χ4n) is 3.95. The van der Waals surface area contributed by atoms with Crippen LogP contribution in [-0.4, -0.2) is 19.0 Å². The average molecular weight is 320 g/mol. The molecule has 0 aromatic heterocycles. The fourth-order valence-corrected chi connectivity index (χ4v) is 3.95. The van der Waals surface area contributed by atoms with Crippen molar-refractivity contribution < 1.29 is 4.79 Å². The predicted octanol–water partition coefficient (Wildman–Crippen LogP) is 3.36. The molecule has 24 heavy (non-hydrogen) atoms. The SMILES string of the molecule is O=C(NCc1ccc(-c2ccccc2)cc1)C1CC12CCNCC2. The zero-order valence-electron chi connectivity index (χ0n) is 13.9. The van der Waals surface area contributed by atoms with E-state index in [1.54, 1.807) is 0 Å². The standard InChI is InChI=1S/C21H24N2O/c24-20(19-14-21(19)10-12-22-13-11-21)23-15-16-6-8-18(9-7-16)17-4-2-1-3-5-17/h1-9,19,22H,10-15H2,(H,23,24). The molecule has 1 saturated heterocycles. The molecule has 1 aliphatic heterocycles. The minimum Gasteiger partial charge on any atom is -0.352 e. The molecule has 2 aromatic carbocycles. The van der Waals surface area contributed by atoms with Gasteiger partial charge in [0.05, 0.1) is 0 Å². The largest absolute Gasteiger partial charge is 0.352 e. The Bertz CT molecular complexity index is 702. The van der Waals surface area contributed by atoms with Gasteiger partial charge in [-0.15, -0.1) is 0 Å². The molecule has 2 aliphatic rings. The summed E-state index contributed by atoms with van der Waals surface area (Å²) in [7, 11) is 0. The van der Waals surface area contributed by atoms with Gasteiger partial charge in [0, 0.05) is 12.5 Å². The van der Waals surface area contributed by atoms with Crippen molar-refractivity contribution in [3.63, 3.8) is 0 Å². The van der Waals surface area contributed by atoms with Crippen LogP contribution in [0.15, 0.2) is 54.6 Å². The summed E-state index contributed by atoms with van der Waals surface area (Å²) < 4.78 is 0. The van der Waals surface area contributed by atoms with Crippen LogP contribution in [-0.2, 0) is 11.3 Å². The van der Waals surface area contributed by atoms with Crippen LogP contribution < -0.4 is 10.6 Å². The second-order valence-corrected chi connectivity index (χ2v) is 7.15. The Hall–Kier alpha value is -2.13. The first kappa shape index (κ1) is 15.4. The molecule has 1 unspecified atom stereocenters. The zero-order valence-corrected chi connectivity index (χ0v) is 13.9. The van der Waals surface area contributed by atoms with Gasteiger partial charge in [-0.1, -0.05) is 54.6 Å². The van der Waals surface area contributed by atoms with Crippen LogP contribution in [0.25, 0.3) is 11.1 Å². The summed E-state index contributed by atoms with van der Waals surface area (Å²) in [6.45, 7) is 2.74. The van der Waals surface area contributed by atoms with Gasteiger partial charge in [0.2, 0.25) is 5.91 Å². The highest BCUT2D eigenvalue weighted by atomic mass is 16.2. The summed E-state index contributed by atoms with van der Waals surface area (Å²) in [6.07, 6.45) is 3.38. The molecule has 0 bridgehead atoms. The number of hydrogen-bond acceptors (Lipinski definition) is 2. The Morgan fingerprint density at radius 1 is 1.00 bits per heavy atom. The summed E-state index contributed by atoms with van der Waals surface area (Å²) in [5.41, 5.74) is 3.90. The predicted molar refractivity (Wildman–Crippen MR) is 96.4 cm³/mol. The molecule has 3 heteroatoms. The topological polar surface area (TPSA) is 41.1 Å². The number of hydrogen-bond donors (Lipinski definition) is 2. The van der Waals surface area contributed by atoms with Gasteiger partial charge in [0.15, 0.2) is 0 Å². The number of carbonyl (C=O) groups excluding carboxylic acids is 1. The number of nitrogens with one attached hydrogen (secondary N) is 2. The third-order valence-electron chi connectivity index (χ3n) is 5.63. The van der Waals surface area contributed by atoms with Gasteiger partial charge in [-0.3, -0.25) is 4.79 Å². The van der Waals surface area contributed by atoms with Gasteiger partial charge in [-0.2, -0.15) is 0 Å². The number of amides is 1. The molecular formula is C21H24N2O. The molecule has 2 fully saturated rings. The highest BCUT2D eigenvalue weighted by Crippen LogP contribution is 2.58. The molecule has 3 nitrogen and oxygen atoms in total. The van der Waals surface area contributed by atoms with Crippen molar-refractivity contribution in [1.29, 1.82) is 0 Å². The van der Waals surface area contributed by atoms with Crippen LogP contribution in [0.4, 0.5) is 0 Å². The lowest BCUT2D eigenvalue weighted by molar-refractivity contribution is -0.123. The minimum atomic E-state index is 0.239. The summed E-state index contributed by atoms with van der Waals surface area (Å²) in [6, 6.07) is 18.8. The number of rotatable bonds is 4. The second kappa shape index (κ2) is 6.40. The van der Waals surface area contributed by atoms with Crippen molar-refractivity contribution >= 4 is 5.91 Å². The monoisotopic (exact) mass is 320 g/mol. The minimum absolute atomic E-state index is 0.239. The molecule has 1 aliphatic carbocycles. The van der Waals surface area contributed by atoms with Crippen molar-refractivity contribution in [3.8, 4) is 11.1 Å². The zero-order chi connectivity index (χ0) is 16.4. The van der Waals surface area contributed by atoms with E-state index in [0.717, 1.165) is 37.9 Å². The number of benzene rings is 2. The maximum atomic E-state index is 12.4. The van der Waals surface area contributed by atoms with Gasteiger partial charge in [0.25, 0.3) is 0 Å². The third kappa shape index (κ3) is 3.09. The summed E-state index contributed by atoms with van der Waals surface area (Å²) in [5, 5.41) is 6.52. The Morgan fingerprint density at radius 3 is 2.38 bits per heavy atom. The fraction of sp³-hybridized carbons (Fsp3) is 0.381. The van der Waals surface area contributed by atoms with Crippen LogP contribution in [0.5, 0.6) is 0 Å². The van der Waals surface area contributed by atoms with Gasteiger partial charge in [0.1, 0.15) is 0 Å². The maximum absolute atomic E-state index is 12.4. The third-order valence-corrected chi connectivity index (χ3v) is 5.63. The first-order valence-electron chi connectivity index (χ1n) is 8.90. The van der Waals surface area contributed by atoms with Crippen LogP contribution >= 0.6 is 0 Å². The first-order valence-corrected chi connectivity index (χ1v) is 8.90. The molecule has 1 heterocycles. The van der Waals surface area contributed by atoms with Crippen LogP contribution in [0.2, 0.25) is 0 Å². The lowest BCUT2D eigenvalue weighted by Crippen LogP contribution is -2.33. The molecule has 1 atom stereocenters. The quantitative estimate of drug-likeness (QED) is 0.907. The lowest BCUT2D eigenvalue weighted by Gasteiger charge is -2.23. The summed E-state index contributed by atoms with van der Waals surface area (Å²) in [5.74, 6) is 0.479. The lowest BCUT2D eigenvalue weighted by atomic mass is 9.92. The van der Waals surface area contributed by atoms with E-state index in [9.17, 15) is 4.79 Å². The molecule has 0 radical (unpaired) electrons. The maximum Gasteiger partial charge on any atom is 0.223 e. The Morgan fingerprint density at radius 2 is 1.67 bits per heavy atom. The average Bonchev–Trinajstić information content (AvgIpc) is 3.34. The Balaban J connectivity index is 1.32. The van der Waals surface area contributed by atoms with Crippen molar-refractivity contribution in [2.24, 2.45) is 11.3 Å². The van der Waals surface area contributed by atoms with Gasteiger partial charge in [-0.05, 0) is 54.5 Å². The molecule has 2 aromatic rings. The molecular weight excluding hydrogens is 296 g/mol. The smallest absolute Gasteiger partial charge is 0.223 e. The van der Waals surface area contributed by atoms with E-state index in [1.165, 1.54) is 11.1 Å². The van der Waals surface area contributed by atoms with E-state index >= 15 is 0 Å². The van der Waals surface area contributed by atoms with Crippen molar-refractivity contribution in [2.45, 2.75) is 25.8 Å². The van der Waals surface area contributed by atoms with E-state index in [-0.39, 0.29) is 11.8 Å². The van der Waals surface area contributed by atoms with Crippen LogP contribution in [0, 0.1) is 11.3 Å². The second-order valence-electron chi connectivity index (χ2n) is 7.15. The molecule has 1 amide bonds. The summed E-state index contributed by atoms with van der Waals surface area (Å²) in [4.78, 5) is 12.4. The van der Waals surface area contributed by atoms with Gasteiger partial charge >= 0.3 is 0 Å². The van der Waals surface area contributed by atoms with Crippen molar-refractivity contribution in [2.75, 3.05) is 13.1 Å². The number of carbonyl (C=O) groups is 1. The molecule has 1 spiro atoms.